The summed E-state index contributed by atoms with van der Waals surface area (Å²) < 4.78 is 5.11. The van der Waals surface area contributed by atoms with Crippen molar-refractivity contribution in [1.29, 1.82) is 0 Å². The second-order valence-electron chi connectivity index (χ2n) is 4.57. The summed E-state index contributed by atoms with van der Waals surface area (Å²) in [7, 11) is 1.63. The van der Waals surface area contributed by atoms with Crippen LogP contribution in [-0.2, 0) is 6.42 Å². The minimum Gasteiger partial charge on any atom is -0.481 e. The Morgan fingerprint density at radius 2 is 2.22 bits per heavy atom. The van der Waals surface area contributed by atoms with Gasteiger partial charge in [-0.15, -0.1) is 0 Å². The summed E-state index contributed by atoms with van der Waals surface area (Å²) in [5.41, 5.74) is 4.02. The quantitative estimate of drug-likeness (QED) is 0.892. The average molecular weight is 240 g/mol. The number of fused-ring (bicyclic) bond motifs is 1. The van der Waals surface area contributed by atoms with Gasteiger partial charge < -0.3 is 10.1 Å². The lowest BCUT2D eigenvalue weighted by Gasteiger charge is -2.30. The largest absolute Gasteiger partial charge is 0.481 e. The van der Waals surface area contributed by atoms with Gasteiger partial charge in [0.25, 0.3) is 0 Å². The first-order valence-electron chi connectivity index (χ1n) is 6.18. The third kappa shape index (κ3) is 2.04. The highest BCUT2D eigenvalue weighted by atomic mass is 16.5. The van der Waals surface area contributed by atoms with Crippen molar-refractivity contribution in [3.05, 3.63) is 53.7 Å². The Morgan fingerprint density at radius 1 is 1.33 bits per heavy atom. The van der Waals surface area contributed by atoms with Crippen molar-refractivity contribution in [2.24, 2.45) is 0 Å². The molecule has 0 aliphatic heterocycles. The molecule has 0 spiro atoms. The molecule has 1 unspecified atom stereocenters. The molecule has 1 aromatic heterocycles. The van der Waals surface area contributed by atoms with E-state index < -0.39 is 0 Å². The highest BCUT2D eigenvalue weighted by Gasteiger charge is 2.24. The molecule has 3 rings (SSSR count). The van der Waals surface area contributed by atoms with Crippen LogP contribution in [0, 0.1) is 0 Å². The SMILES string of the molecule is COc1cc(NCC2Cc3ccccc32)ccn1. The maximum absolute atomic E-state index is 5.11. The second kappa shape index (κ2) is 4.69. The van der Waals surface area contributed by atoms with Crippen molar-refractivity contribution in [3.63, 3.8) is 0 Å². The van der Waals surface area contributed by atoms with E-state index in [2.05, 4.69) is 34.6 Å². The zero-order valence-corrected chi connectivity index (χ0v) is 10.4. The van der Waals surface area contributed by atoms with E-state index in [4.69, 9.17) is 4.74 Å². The number of aromatic nitrogens is 1. The van der Waals surface area contributed by atoms with E-state index in [-0.39, 0.29) is 0 Å². The molecule has 0 fully saturated rings. The van der Waals surface area contributed by atoms with Crippen LogP contribution in [0.1, 0.15) is 17.0 Å². The van der Waals surface area contributed by atoms with Gasteiger partial charge in [0.1, 0.15) is 0 Å². The molecule has 18 heavy (non-hydrogen) atoms. The molecule has 2 aromatic rings. The molecule has 1 heterocycles. The van der Waals surface area contributed by atoms with Gasteiger partial charge in [-0.3, -0.25) is 0 Å². The van der Waals surface area contributed by atoms with Gasteiger partial charge in [-0.25, -0.2) is 4.98 Å². The van der Waals surface area contributed by atoms with Crippen LogP contribution in [0.5, 0.6) is 5.88 Å². The Morgan fingerprint density at radius 3 is 3.06 bits per heavy atom. The van der Waals surface area contributed by atoms with Crippen molar-refractivity contribution in [3.8, 4) is 5.88 Å². The molecule has 1 aliphatic rings. The fraction of sp³-hybridized carbons (Fsp3) is 0.267. The van der Waals surface area contributed by atoms with E-state index in [1.807, 2.05) is 12.1 Å². The van der Waals surface area contributed by atoms with Crippen LogP contribution in [-0.4, -0.2) is 18.6 Å². The number of anilines is 1. The third-order valence-corrected chi connectivity index (χ3v) is 3.46. The first kappa shape index (κ1) is 11.1. The van der Waals surface area contributed by atoms with Gasteiger partial charge in [0.05, 0.1) is 7.11 Å². The van der Waals surface area contributed by atoms with Crippen LogP contribution in [0.15, 0.2) is 42.6 Å². The van der Waals surface area contributed by atoms with Gasteiger partial charge in [0, 0.05) is 30.4 Å². The van der Waals surface area contributed by atoms with E-state index in [1.165, 1.54) is 17.5 Å². The van der Waals surface area contributed by atoms with Gasteiger partial charge in [-0.05, 0) is 23.6 Å². The number of pyridine rings is 1. The fourth-order valence-corrected chi connectivity index (χ4v) is 2.42. The van der Waals surface area contributed by atoms with Crippen LogP contribution >= 0.6 is 0 Å². The zero-order valence-electron chi connectivity index (χ0n) is 10.4. The Balaban J connectivity index is 1.63. The van der Waals surface area contributed by atoms with E-state index in [9.17, 15) is 0 Å². The van der Waals surface area contributed by atoms with Crippen molar-refractivity contribution >= 4 is 5.69 Å². The number of nitrogens with one attached hydrogen (secondary N) is 1. The number of hydrogen-bond acceptors (Lipinski definition) is 3. The second-order valence-corrected chi connectivity index (χ2v) is 4.57. The number of rotatable bonds is 4. The first-order chi connectivity index (χ1) is 8.86. The topological polar surface area (TPSA) is 34.1 Å². The number of ether oxygens (including phenoxy) is 1. The number of hydrogen-bond donors (Lipinski definition) is 1. The molecule has 1 atom stereocenters. The number of methoxy groups -OCH3 is 1. The van der Waals surface area contributed by atoms with Crippen LogP contribution in [0.3, 0.4) is 0 Å². The molecule has 92 valence electrons. The fourth-order valence-electron chi connectivity index (χ4n) is 2.42. The summed E-state index contributed by atoms with van der Waals surface area (Å²) in [6.45, 7) is 0.962. The summed E-state index contributed by atoms with van der Waals surface area (Å²) >= 11 is 0. The molecule has 3 nitrogen and oxygen atoms in total. The average Bonchev–Trinajstić information content (AvgIpc) is 2.40. The lowest BCUT2D eigenvalue weighted by atomic mass is 9.77. The third-order valence-electron chi connectivity index (χ3n) is 3.46. The number of benzene rings is 1. The Kier molecular flexibility index (Phi) is 2.89. The number of nitrogens with zero attached hydrogens (tertiary/aromatic N) is 1. The molecule has 1 aromatic carbocycles. The molecule has 0 saturated heterocycles. The lowest BCUT2D eigenvalue weighted by molar-refractivity contribution is 0.398. The van der Waals surface area contributed by atoms with Crippen molar-refractivity contribution < 1.29 is 4.74 Å². The minimum absolute atomic E-state index is 0.625. The highest BCUT2D eigenvalue weighted by molar-refractivity contribution is 5.47. The Labute approximate surface area is 107 Å². The molecule has 1 N–H and O–H groups in total. The molecule has 1 aliphatic carbocycles. The Hall–Kier alpha value is -2.03. The normalized spacial score (nSPS) is 16.6. The standard InChI is InChI=1S/C15H16N2O/c1-18-15-9-13(6-7-16-15)17-10-12-8-11-4-2-3-5-14(11)12/h2-7,9,12H,8,10H2,1H3,(H,16,17). The maximum Gasteiger partial charge on any atom is 0.214 e. The van der Waals surface area contributed by atoms with Crippen molar-refractivity contribution in [1.82, 2.24) is 4.98 Å². The summed E-state index contributed by atoms with van der Waals surface area (Å²) in [6, 6.07) is 12.5. The van der Waals surface area contributed by atoms with E-state index in [0.717, 1.165) is 12.2 Å². The van der Waals surface area contributed by atoms with Gasteiger partial charge in [-0.1, -0.05) is 24.3 Å². The summed E-state index contributed by atoms with van der Waals surface area (Å²) in [6.07, 6.45) is 2.93. The maximum atomic E-state index is 5.11. The molecule has 0 amide bonds. The monoisotopic (exact) mass is 240 g/mol. The zero-order chi connectivity index (χ0) is 12.4. The van der Waals surface area contributed by atoms with E-state index in [0.29, 0.717) is 11.8 Å². The molecular formula is C15H16N2O. The lowest BCUT2D eigenvalue weighted by Crippen LogP contribution is -2.24. The van der Waals surface area contributed by atoms with Crippen LogP contribution in [0.2, 0.25) is 0 Å². The van der Waals surface area contributed by atoms with Gasteiger partial charge in [-0.2, -0.15) is 0 Å². The van der Waals surface area contributed by atoms with E-state index >= 15 is 0 Å². The van der Waals surface area contributed by atoms with Gasteiger partial charge >= 0.3 is 0 Å². The highest BCUT2D eigenvalue weighted by Crippen LogP contribution is 2.34. The smallest absolute Gasteiger partial charge is 0.214 e. The van der Waals surface area contributed by atoms with Crippen molar-refractivity contribution in [2.75, 3.05) is 19.0 Å². The molecular weight excluding hydrogens is 224 g/mol. The van der Waals surface area contributed by atoms with Crippen molar-refractivity contribution in [2.45, 2.75) is 12.3 Å². The van der Waals surface area contributed by atoms with Crippen LogP contribution in [0.4, 0.5) is 5.69 Å². The van der Waals surface area contributed by atoms with E-state index in [1.54, 1.807) is 13.3 Å². The van der Waals surface area contributed by atoms with Gasteiger partial charge in [0.2, 0.25) is 5.88 Å². The van der Waals surface area contributed by atoms with Gasteiger partial charge in [0.15, 0.2) is 0 Å². The minimum atomic E-state index is 0.625. The Bertz CT molecular complexity index is 554. The van der Waals surface area contributed by atoms with Crippen LogP contribution < -0.4 is 10.1 Å². The molecule has 0 radical (unpaired) electrons. The molecule has 3 heteroatoms. The predicted molar refractivity (Wildman–Crippen MR) is 72.2 cm³/mol. The molecule has 0 bridgehead atoms. The summed E-state index contributed by atoms with van der Waals surface area (Å²) in [5, 5.41) is 3.44. The predicted octanol–water partition coefficient (Wildman–Crippen LogP) is 2.84. The first-order valence-corrected chi connectivity index (χ1v) is 6.18. The summed E-state index contributed by atoms with van der Waals surface area (Å²) in [4.78, 5) is 4.09. The molecule has 0 saturated carbocycles. The van der Waals surface area contributed by atoms with Crippen LogP contribution in [0.25, 0.3) is 0 Å². The summed E-state index contributed by atoms with van der Waals surface area (Å²) in [5.74, 6) is 1.27.